The van der Waals surface area contributed by atoms with Gasteiger partial charge in [0.15, 0.2) is 18.1 Å². The van der Waals surface area contributed by atoms with Gasteiger partial charge in [-0.1, -0.05) is 18.2 Å². The zero-order valence-corrected chi connectivity index (χ0v) is 15.6. The third-order valence-electron chi connectivity index (χ3n) is 3.69. The first kappa shape index (κ1) is 20.5. The van der Waals surface area contributed by atoms with Gasteiger partial charge >= 0.3 is 5.97 Å². The van der Waals surface area contributed by atoms with Gasteiger partial charge in [-0.3, -0.25) is 4.79 Å². The van der Waals surface area contributed by atoms with E-state index in [1.807, 2.05) is 6.07 Å². The van der Waals surface area contributed by atoms with E-state index in [0.29, 0.717) is 23.6 Å². The standard InChI is InChI=1S/C21H20N2O5/c1-26-18-9-5-16(13-19(18)27-2)6-10-21(25)28-14-20(24)23-17-7-3-15(4-8-17)11-12-22/h3-10,13H,11,14H2,1-2H3,(H,23,24)/b10-6+. The fourth-order valence-corrected chi connectivity index (χ4v) is 2.30. The number of anilines is 1. The van der Waals surface area contributed by atoms with Gasteiger partial charge in [-0.25, -0.2) is 4.79 Å². The molecule has 0 saturated carbocycles. The smallest absolute Gasteiger partial charge is 0.331 e. The summed E-state index contributed by atoms with van der Waals surface area (Å²) in [5, 5.41) is 11.3. The number of carbonyl (C=O) groups excluding carboxylic acids is 2. The van der Waals surface area contributed by atoms with Crippen LogP contribution in [0.5, 0.6) is 11.5 Å². The second-order valence-electron chi connectivity index (χ2n) is 5.64. The van der Waals surface area contributed by atoms with Crippen LogP contribution in [-0.4, -0.2) is 32.7 Å². The summed E-state index contributed by atoms with van der Waals surface area (Å²) in [6, 6.07) is 14.1. The summed E-state index contributed by atoms with van der Waals surface area (Å²) in [4.78, 5) is 23.7. The van der Waals surface area contributed by atoms with Crippen LogP contribution in [0.25, 0.3) is 6.08 Å². The Morgan fingerprint density at radius 2 is 1.79 bits per heavy atom. The normalized spacial score (nSPS) is 10.2. The van der Waals surface area contributed by atoms with Crippen LogP contribution < -0.4 is 14.8 Å². The Labute approximate surface area is 163 Å². The minimum atomic E-state index is -0.644. The highest BCUT2D eigenvalue weighted by atomic mass is 16.5. The van der Waals surface area contributed by atoms with Gasteiger partial charge in [0, 0.05) is 11.8 Å². The van der Waals surface area contributed by atoms with E-state index in [2.05, 4.69) is 5.32 Å². The number of nitrogens with one attached hydrogen (secondary N) is 1. The SMILES string of the molecule is COc1ccc(/C=C/C(=O)OCC(=O)Nc2ccc(CC#N)cc2)cc1OC. The van der Waals surface area contributed by atoms with Crippen molar-refractivity contribution < 1.29 is 23.8 Å². The molecule has 0 aliphatic rings. The highest BCUT2D eigenvalue weighted by molar-refractivity contribution is 5.94. The molecule has 7 heteroatoms. The van der Waals surface area contributed by atoms with Crippen LogP contribution in [0.1, 0.15) is 11.1 Å². The molecule has 28 heavy (non-hydrogen) atoms. The van der Waals surface area contributed by atoms with Gasteiger partial charge in [0.05, 0.1) is 26.7 Å². The van der Waals surface area contributed by atoms with Crippen molar-refractivity contribution >= 4 is 23.6 Å². The van der Waals surface area contributed by atoms with Gasteiger partial charge in [0.25, 0.3) is 5.91 Å². The van der Waals surface area contributed by atoms with Gasteiger partial charge in [-0.2, -0.15) is 5.26 Å². The summed E-state index contributed by atoms with van der Waals surface area (Å²) < 4.78 is 15.3. The number of methoxy groups -OCH3 is 2. The molecule has 0 aromatic heterocycles. The number of hydrogen-bond donors (Lipinski definition) is 1. The van der Waals surface area contributed by atoms with Gasteiger partial charge in [-0.05, 0) is 41.5 Å². The van der Waals surface area contributed by atoms with Crippen LogP contribution in [0.3, 0.4) is 0 Å². The van der Waals surface area contributed by atoms with Crippen molar-refractivity contribution in [1.29, 1.82) is 5.26 Å². The van der Waals surface area contributed by atoms with Crippen LogP contribution in [0.2, 0.25) is 0 Å². The summed E-state index contributed by atoms with van der Waals surface area (Å²) in [5.74, 6) is 0.0212. The molecule has 2 aromatic rings. The van der Waals surface area contributed by atoms with Gasteiger partial charge in [-0.15, -0.1) is 0 Å². The maximum atomic E-state index is 11.9. The summed E-state index contributed by atoms with van der Waals surface area (Å²) in [7, 11) is 3.06. The van der Waals surface area contributed by atoms with Gasteiger partial charge in [0.2, 0.25) is 0 Å². The summed E-state index contributed by atoms with van der Waals surface area (Å²) >= 11 is 0. The quantitative estimate of drug-likeness (QED) is 0.558. The lowest BCUT2D eigenvalue weighted by Gasteiger charge is -2.07. The number of ether oxygens (including phenoxy) is 3. The summed E-state index contributed by atoms with van der Waals surface area (Å²) in [6.45, 7) is -0.408. The number of amides is 1. The predicted molar refractivity (Wildman–Crippen MR) is 104 cm³/mol. The Morgan fingerprint density at radius 3 is 2.43 bits per heavy atom. The maximum Gasteiger partial charge on any atom is 0.331 e. The highest BCUT2D eigenvalue weighted by Crippen LogP contribution is 2.27. The van der Waals surface area contributed by atoms with E-state index in [9.17, 15) is 9.59 Å². The van der Waals surface area contributed by atoms with Crippen LogP contribution in [-0.2, 0) is 20.7 Å². The molecule has 0 aliphatic heterocycles. The Kier molecular flexibility index (Phi) is 7.61. The molecule has 0 unspecified atom stereocenters. The van der Waals surface area contributed by atoms with Crippen LogP contribution in [0.15, 0.2) is 48.5 Å². The first-order valence-corrected chi connectivity index (χ1v) is 8.38. The Morgan fingerprint density at radius 1 is 1.07 bits per heavy atom. The zero-order valence-electron chi connectivity index (χ0n) is 15.6. The number of carbonyl (C=O) groups is 2. The van der Waals surface area contributed by atoms with E-state index in [-0.39, 0.29) is 0 Å². The highest BCUT2D eigenvalue weighted by Gasteiger charge is 2.07. The van der Waals surface area contributed by atoms with Crippen LogP contribution in [0, 0.1) is 11.3 Å². The lowest BCUT2D eigenvalue weighted by molar-refractivity contribution is -0.142. The lowest BCUT2D eigenvalue weighted by atomic mass is 10.1. The van der Waals surface area contributed by atoms with Crippen molar-refractivity contribution in [2.75, 3.05) is 26.1 Å². The Balaban J connectivity index is 1.83. The van der Waals surface area contributed by atoms with Crippen LogP contribution >= 0.6 is 0 Å². The fourth-order valence-electron chi connectivity index (χ4n) is 2.30. The maximum absolute atomic E-state index is 11.9. The third-order valence-corrected chi connectivity index (χ3v) is 3.69. The Bertz CT molecular complexity index is 898. The van der Waals surface area contributed by atoms with Crippen molar-refractivity contribution in [3.8, 4) is 17.6 Å². The van der Waals surface area contributed by atoms with Crippen molar-refractivity contribution in [3.63, 3.8) is 0 Å². The molecular formula is C21H20N2O5. The van der Waals surface area contributed by atoms with Crippen LogP contribution in [0.4, 0.5) is 5.69 Å². The average Bonchev–Trinajstić information content (AvgIpc) is 2.72. The van der Waals surface area contributed by atoms with Crippen molar-refractivity contribution in [2.45, 2.75) is 6.42 Å². The molecule has 2 rings (SSSR count). The first-order chi connectivity index (χ1) is 13.5. The van der Waals surface area contributed by atoms with Gasteiger partial charge in [0.1, 0.15) is 0 Å². The third kappa shape index (κ3) is 6.18. The molecular weight excluding hydrogens is 360 g/mol. The molecule has 0 spiro atoms. The van der Waals surface area contributed by atoms with E-state index >= 15 is 0 Å². The molecule has 1 N–H and O–H groups in total. The second kappa shape index (κ2) is 10.4. The van der Waals surface area contributed by atoms with E-state index < -0.39 is 18.5 Å². The molecule has 0 radical (unpaired) electrons. The molecule has 0 saturated heterocycles. The molecule has 0 atom stereocenters. The van der Waals surface area contributed by atoms with E-state index in [4.69, 9.17) is 19.5 Å². The van der Waals surface area contributed by atoms with E-state index in [1.165, 1.54) is 20.3 Å². The molecule has 0 bridgehead atoms. The fraction of sp³-hybridized carbons (Fsp3) is 0.190. The van der Waals surface area contributed by atoms with Crippen molar-refractivity contribution in [2.24, 2.45) is 0 Å². The largest absolute Gasteiger partial charge is 0.493 e. The molecule has 144 valence electrons. The second-order valence-corrected chi connectivity index (χ2v) is 5.64. The minimum absolute atomic E-state index is 0.304. The van der Waals surface area contributed by atoms with E-state index in [0.717, 1.165) is 11.1 Å². The average molecular weight is 380 g/mol. The number of rotatable bonds is 8. The molecule has 1 amide bonds. The summed E-state index contributed by atoms with van der Waals surface area (Å²) in [5.41, 5.74) is 2.13. The number of nitrogens with zero attached hydrogens (tertiary/aromatic N) is 1. The monoisotopic (exact) mass is 380 g/mol. The minimum Gasteiger partial charge on any atom is -0.493 e. The Hall–Kier alpha value is -3.79. The predicted octanol–water partition coefficient (Wildman–Crippen LogP) is 2.96. The zero-order chi connectivity index (χ0) is 20.4. The topological polar surface area (TPSA) is 97.6 Å². The number of esters is 1. The number of benzene rings is 2. The van der Waals surface area contributed by atoms with Crippen molar-refractivity contribution in [3.05, 3.63) is 59.7 Å². The molecule has 0 aliphatic carbocycles. The summed E-state index contributed by atoms with van der Waals surface area (Å²) in [6.07, 6.45) is 3.08. The molecule has 2 aromatic carbocycles. The molecule has 0 fully saturated rings. The number of nitriles is 1. The van der Waals surface area contributed by atoms with Crippen molar-refractivity contribution in [1.82, 2.24) is 0 Å². The lowest BCUT2D eigenvalue weighted by Crippen LogP contribution is -2.20. The number of hydrogen-bond acceptors (Lipinski definition) is 6. The molecule has 7 nitrogen and oxygen atoms in total. The first-order valence-electron chi connectivity index (χ1n) is 8.38. The molecule has 0 heterocycles. The van der Waals surface area contributed by atoms with E-state index in [1.54, 1.807) is 48.5 Å². The van der Waals surface area contributed by atoms with Gasteiger partial charge < -0.3 is 19.5 Å².